The number of amides is 2. The lowest BCUT2D eigenvalue weighted by atomic mass is 10.0. The highest BCUT2D eigenvalue weighted by molar-refractivity contribution is 8.26. The van der Waals surface area contributed by atoms with Crippen molar-refractivity contribution in [1.29, 1.82) is 0 Å². The monoisotopic (exact) mass is 660 g/mol. The van der Waals surface area contributed by atoms with Crippen molar-refractivity contribution in [2.75, 3.05) is 11.9 Å². The van der Waals surface area contributed by atoms with Crippen molar-refractivity contribution in [1.82, 2.24) is 4.90 Å². The lowest BCUT2D eigenvalue weighted by Gasteiger charge is -2.25. The van der Waals surface area contributed by atoms with E-state index in [1.807, 2.05) is 0 Å². The van der Waals surface area contributed by atoms with E-state index >= 15 is 0 Å². The van der Waals surface area contributed by atoms with Crippen LogP contribution in [0.15, 0.2) is 58.8 Å². The van der Waals surface area contributed by atoms with Crippen LogP contribution in [0, 0.1) is 0 Å². The predicted molar refractivity (Wildman–Crippen MR) is 152 cm³/mol. The normalized spacial score (nSPS) is 15.7. The third kappa shape index (κ3) is 7.44. The maximum Gasteiger partial charge on any atom is 0.416 e. The van der Waals surface area contributed by atoms with Crippen LogP contribution in [-0.4, -0.2) is 49.9 Å². The predicted octanol–water partition coefficient (Wildman–Crippen LogP) is 6.74. The summed E-state index contributed by atoms with van der Waals surface area (Å²) < 4.78 is 79.7. The Hall–Kier alpha value is -3.73. The maximum atomic E-state index is 13.3. The van der Waals surface area contributed by atoms with Crippen molar-refractivity contribution in [3.8, 4) is 11.1 Å². The van der Waals surface area contributed by atoms with E-state index in [9.17, 15) is 45.8 Å². The molecule has 16 heteroatoms. The van der Waals surface area contributed by atoms with Crippen molar-refractivity contribution in [2.24, 2.45) is 0 Å². The molecule has 0 radical (unpaired) electrons. The molecule has 3 aromatic rings. The molecule has 2 aromatic carbocycles. The molecular formula is C27H18F6N2O5S3. The molecule has 0 saturated carbocycles. The number of thiophene rings is 1. The second-order valence-corrected chi connectivity index (χ2v) is 11.6. The van der Waals surface area contributed by atoms with Gasteiger partial charge in [-0.25, -0.2) is 4.79 Å². The average Bonchev–Trinajstić information content (AvgIpc) is 3.50. The first kappa shape index (κ1) is 32.2. The van der Waals surface area contributed by atoms with Crippen molar-refractivity contribution < 1.29 is 50.9 Å². The minimum Gasteiger partial charge on any atom is -0.478 e. The highest BCUT2D eigenvalue weighted by atomic mass is 32.2. The van der Waals surface area contributed by atoms with Gasteiger partial charge in [-0.1, -0.05) is 24.0 Å². The summed E-state index contributed by atoms with van der Waals surface area (Å²) in [4.78, 5) is 38.7. The largest absolute Gasteiger partial charge is 0.478 e. The van der Waals surface area contributed by atoms with E-state index in [4.69, 9.17) is 17.3 Å². The van der Waals surface area contributed by atoms with Gasteiger partial charge in [0, 0.05) is 23.6 Å². The number of carbonyl (C=O) groups is 3. The minimum absolute atomic E-state index is 0.0161. The molecule has 0 spiro atoms. The molecule has 0 bridgehead atoms. The fraction of sp³-hybridized carbons (Fsp3) is 0.185. The van der Waals surface area contributed by atoms with Crippen LogP contribution < -0.4 is 5.32 Å². The van der Waals surface area contributed by atoms with Gasteiger partial charge in [0.1, 0.15) is 10.4 Å². The van der Waals surface area contributed by atoms with Gasteiger partial charge in [-0.15, -0.1) is 11.3 Å². The van der Waals surface area contributed by atoms with Crippen molar-refractivity contribution in [2.45, 2.75) is 24.8 Å². The SMILES string of the molecule is O=C(O)c1ccc(NC(=O)[C@H](CCO)N2C(=O)/C(=C/c3cc(-c4cc(C(F)(F)F)cc(C(F)(F)F)c4)cs3)SC2=S)cc1. The van der Waals surface area contributed by atoms with Gasteiger partial charge in [-0.3, -0.25) is 14.5 Å². The summed E-state index contributed by atoms with van der Waals surface area (Å²) >= 11 is 7.09. The number of aliphatic hydroxyl groups is 1. The third-order valence-electron chi connectivity index (χ3n) is 6.05. The Morgan fingerprint density at radius 2 is 1.58 bits per heavy atom. The number of carboxylic acid groups (broad SMARTS) is 1. The Balaban J connectivity index is 1.58. The summed E-state index contributed by atoms with van der Waals surface area (Å²) in [5.74, 6) is -2.57. The van der Waals surface area contributed by atoms with Crippen LogP contribution in [0.2, 0.25) is 0 Å². The first-order valence-corrected chi connectivity index (χ1v) is 14.1. The highest BCUT2D eigenvalue weighted by Crippen LogP contribution is 2.41. The van der Waals surface area contributed by atoms with Crippen molar-refractivity contribution >= 4 is 69.2 Å². The molecule has 2 heterocycles. The van der Waals surface area contributed by atoms with Crippen LogP contribution in [0.5, 0.6) is 0 Å². The van der Waals surface area contributed by atoms with Crippen molar-refractivity contribution in [3.63, 3.8) is 0 Å². The molecule has 2 amide bonds. The van der Waals surface area contributed by atoms with Gasteiger partial charge in [0.15, 0.2) is 0 Å². The van der Waals surface area contributed by atoms with Crippen molar-refractivity contribution in [3.05, 3.63) is 80.4 Å². The zero-order chi connectivity index (χ0) is 31.7. The number of aromatic carboxylic acids is 1. The zero-order valence-corrected chi connectivity index (χ0v) is 23.8. The van der Waals surface area contributed by atoms with Gasteiger partial charge >= 0.3 is 18.3 Å². The second-order valence-electron chi connectivity index (χ2n) is 8.98. The summed E-state index contributed by atoms with van der Waals surface area (Å²) in [5, 5.41) is 22.5. The molecule has 1 atom stereocenters. The Morgan fingerprint density at radius 3 is 2.12 bits per heavy atom. The van der Waals surface area contributed by atoms with Gasteiger partial charge in [-0.05, 0) is 71.1 Å². The lowest BCUT2D eigenvalue weighted by molar-refractivity contribution is -0.143. The standard InChI is InChI=1S/C27H18F6N2O5S3/c28-26(29,30)16-7-14(8-17(10-16)27(31,32)33)15-9-19(42-12-15)11-21-23(38)35(25(41)43-21)20(5-6-36)22(37)34-18-3-1-13(2-4-18)24(39)40/h1-4,7-12,20,36H,5-6H2,(H,34,37)(H,39,40)/b21-11-/t20-/m0/s1. The Morgan fingerprint density at radius 1 is 0.977 bits per heavy atom. The van der Waals surface area contributed by atoms with E-state index in [2.05, 4.69) is 5.32 Å². The van der Waals surface area contributed by atoms with E-state index in [1.54, 1.807) is 0 Å². The quantitative estimate of drug-likeness (QED) is 0.140. The summed E-state index contributed by atoms with van der Waals surface area (Å²) in [7, 11) is 0. The number of thioether (sulfide) groups is 1. The molecule has 1 aromatic heterocycles. The third-order valence-corrected chi connectivity index (χ3v) is 8.26. The molecule has 0 unspecified atom stereocenters. The van der Waals surface area contributed by atoms with Gasteiger partial charge < -0.3 is 15.5 Å². The molecule has 1 fully saturated rings. The molecule has 0 aliphatic carbocycles. The van der Waals surface area contributed by atoms with E-state index < -0.39 is 53.9 Å². The number of aliphatic hydroxyl groups excluding tert-OH is 1. The zero-order valence-electron chi connectivity index (χ0n) is 21.3. The van der Waals surface area contributed by atoms with Crippen LogP contribution >= 0.6 is 35.3 Å². The van der Waals surface area contributed by atoms with Crippen LogP contribution in [0.4, 0.5) is 32.0 Å². The molecule has 3 N–H and O–H groups in total. The first-order valence-electron chi connectivity index (χ1n) is 12.0. The van der Waals surface area contributed by atoms with Crippen LogP contribution in [0.1, 0.15) is 32.8 Å². The van der Waals surface area contributed by atoms with Gasteiger partial charge in [0.25, 0.3) is 5.91 Å². The molecule has 43 heavy (non-hydrogen) atoms. The number of benzene rings is 2. The topological polar surface area (TPSA) is 107 Å². The molecule has 1 saturated heterocycles. The van der Waals surface area contributed by atoms with E-state index in [0.29, 0.717) is 17.0 Å². The fourth-order valence-corrected chi connectivity index (χ4v) is 6.27. The number of nitrogens with zero attached hydrogens (tertiary/aromatic N) is 1. The number of carbonyl (C=O) groups excluding carboxylic acids is 2. The molecule has 7 nitrogen and oxygen atoms in total. The number of rotatable bonds is 8. The Bertz CT molecular complexity index is 1580. The number of alkyl halides is 6. The summed E-state index contributed by atoms with van der Waals surface area (Å²) in [5.41, 5.74) is -2.96. The molecule has 1 aliphatic heterocycles. The Labute approximate surface area is 252 Å². The Kier molecular flexibility index (Phi) is 9.34. The van der Waals surface area contributed by atoms with Crippen LogP contribution in [-0.2, 0) is 21.9 Å². The number of thiocarbonyl (C=S) groups is 1. The number of nitrogens with one attached hydrogen (secondary N) is 1. The smallest absolute Gasteiger partial charge is 0.416 e. The van der Waals surface area contributed by atoms with E-state index in [-0.39, 0.29) is 44.1 Å². The summed E-state index contributed by atoms with van der Waals surface area (Å²) in [6, 6.07) is 6.54. The molecule has 1 aliphatic rings. The van der Waals surface area contributed by atoms with Crippen LogP contribution in [0.3, 0.4) is 0 Å². The van der Waals surface area contributed by atoms with E-state index in [1.165, 1.54) is 41.8 Å². The number of anilines is 1. The first-order chi connectivity index (χ1) is 20.1. The minimum atomic E-state index is -5.01. The molecule has 226 valence electrons. The number of halogens is 6. The number of hydrogen-bond donors (Lipinski definition) is 3. The summed E-state index contributed by atoms with van der Waals surface area (Å²) in [6.07, 6.45) is -8.87. The summed E-state index contributed by atoms with van der Waals surface area (Å²) in [6.45, 7) is -0.489. The number of carboxylic acids is 1. The molecule has 4 rings (SSSR count). The number of hydrogen-bond acceptors (Lipinski definition) is 7. The molecular weight excluding hydrogens is 642 g/mol. The van der Waals surface area contributed by atoms with E-state index in [0.717, 1.165) is 28.0 Å². The fourth-order valence-electron chi connectivity index (χ4n) is 4.00. The van der Waals surface area contributed by atoms with Gasteiger partial charge in [0.05, 0.1) is 21.6 Å². The maximum absolute atomic E-state index is 13.3. The van der Waals surface area contributed by atoms with Gasteiger partial charge in [0.2, 0.25) is 5.91 Å². The van der Waals surface area contributed by atoms with Gasteiger partial charge in [-0.2, -0.15) is 26.3 Å². The highest BCUT2D eigenvalue weighted by Gasteiger charge is 2.40. The second kappa shape index (κ2) is 12.5. The lowest BCUT2D eigenvalue weighted by Crippen LogP contribution is -2.46. The average molecular weight is 661 g/mol. The van der Waals surface area contributed by atoms with Crippen LogP contribution in [0.25, 0.3) is 17.2 Å².